The molecular formula is C76H116F3N19O12. The highest BCUT2D eigenvalue weighted by Gasteiger charge is 2.39. The number of hydrogen-bond donors (Lipinski definition) is 13. The number of alkyl halides is 3. The summed E-state index contributed by atoms with van der Waals surface area (Å²) in [6, 6.07) is 18.8. The Morgan fingerprint density at radius 3 is 1.42 bits per heavy atom. The van der Waals surface area contributed by atoms with Crippen LogP contribution in [-0.2, 0) is 18.9 Å². The Morgan fingerprint density at radius 1 is 0.509 bits per heavy atom. The van der Waals surface area contributed by atoms with E-state index in [0.717, 1.165) is 54.6 Å². The second kappa shape index (κ2) is 41.8. The number of nitrogens with one attached hydrogen (secondary N) is 7. The average Bonchev–Trinajstić information content (AvgIpc) is 1.57. The monoisotopic (exact) mass is 1540 g/mol. The first-order chi connectivity index (χ1) is 51.5. The molecule has 0 aliphatic heterocycles. The number of nitrogens with two attached hydrogens (primary N) is 5. The average molecular weight is 1540 g/mol. The van der Waals surface area contributed by atoms with Gasteiger partial charge < -0.3 is 94.8 Å². The van der Waals surface area contributed by atoms with Gasteiger partial charge in [-0.3, -0.25) is 9.59 Å². The van der Waals surface area contributed by atoms with Crippen molar-refractivity contribution in [2.24, 2.45) is 28.7 Å². The van der Waals surface area contributed by atoms with Gasteiger partial charge in [-0.25, -0.2) is 42.3 Å². The van der Waals surface area contributed by atoms with E-state index in [2.05, 4.69) is 67.5 Å². The molecule has 4 fully saturated rings. The fraction of sp³-hybridized carbons (Fsp3) is 0.579. The fourth-order valence-corrected chi connectivity index (χ4v) is 11.7. The molecule has 4 saturated carbocycles. The SMILES string of the molecule is CC.CC(C)(C)OC(=O)N[C@H]1[C@@H](O)CCC[C@H]1NC(=O)OC(C)(C)C.CC(C)(C)OC(=O)N[C@H]1[C@H](F)CCC[C@H]1NC(=O)OC(C)(C)C.Cc1cccc(Nc2nc(N[C@@H]3CCC[C@@H](F)[C@@H]3N)ncc2C(N)=O)c1.Cc1cccc(Nc2nc(On3nnc4ccccc43)ncc2C(N)=O)c1.N[C@@H]1[C@H](N)CCC[C@H]1F. The zero-order valence-electron chi connectivity index (χ0n) is 66.1. The highest BCUT2D eigenvalue weighted by atomic mass is 19.1. The smallest absolute Gasteiger partial charge is 0.408 e. The van der Waals surface area contributed by atoms with Crippen LogP contribution in [0.15, 0.2) is 85.2 Å². The van der Waals surface area contributed by atoms with E-state index in [9.17, 15) is 47.0 Å². The van der Waals surface area contributed by atoms with E-state index in [1.165, 1.54) is 17.2 Å². The molecule has 0 unspecified atom stereocenters. The van der Waals surface area contributed by atoms with Crippen LogP contribution in [0.5, 0.6) is 6.01 Å². The maximum Gasteiger partial charge on any atom is 0.408 e. The third kappa shape index (κ3) is 31.2. The highest BCUT2D eigenvalue weighted by Crippen LogP contribution is 2.29. The minimum absolute atomic E-state index is 0.00851. The van der Waals surface area contributed by atoms with Gasteiger partial charge in [0.2, 0.25) is 5.95 Å². The minimum atomic E-state index is -1.24. The molecule has 34 heteroatoms. The summed E-state index contributed by atoms with van der Waals surface area (Å²) in [6.07, 6.45) is 4.12. The van der Waals surface area contributed by atoms with Crippen LogP contribution in [0, 0.1) is 13.8 Å². The van der Waals surface area contributed by atoms with Crippen molar-refractivity contribution in [3.05, 3.63) is 107 Å². The molecule has 4 aliphatic carbocycles. The number of fused-ring (bicyclic) bond motifs is 1. The zero-order valence-corrected chi connectivity index (χ0v) is 66.1. The lowest BCUT2D eigenvalue weighted by molar-refractivity contribution is 0.0225. The van der Waals surface area contributed by atoms with Crippen LogP contribution in [0.2, 0.25) is 0 Å². The van der Waals surface area contributed by atoms with E-state index in [1.807, 2.05) is 94.4 Å². The molecule has 608 valence electrons. The first-order valence-electron chi connectivity index (χ1n) is 37.1. The van der Waals surface area contributed by atoms with Crippen molar-refractivity contribution >= 4 is 76.2 Å². The molecule has 0 spiro atoms. The van der Waals surface area contributed by atoms with Crippen LogP contribution >= 0.6 is 0 Å². The molecule has 12 atom stereocenters. The van der Waals surface area contributed by atoms with Crippen molar-refractivity contribution in [2.75, 3.05) is 16.0 Å². The van der Waals surface area contributed by atoms with Crippen molar-refractivity contribution in [1.82, 2.24) is 56.4 Å². The Bertz CT molecular complexity index is 3860. The third-order valence-electron chi connectivity index (χ3n) is 16.7. The van der Waals surface area contributed by atoms with Crippen molar-refractivity contribution < 1.29 is 70.8 Å². The highest BCUT2D eigenvalue weighted by molar-refractivity contribution is 5.98. The molecule has 6 aromatic rings. The van der Waals surface area contributed by atoms with E-state index >= 15 is 0 Å². The zero-order chi connectivity index (χ0) is 82.0. The van der Waals surface area contributed by atoms with Gasteiger partial charge in [0, 0.05) is 35.9 Å². The van der Waals surface area contributed by atoms with E-state index in [4.69, 9.17) is 52.5 Å². The molecule has 4 aliphatic rings. The van der Waals surface area contributed by atoms with Crippen LogP contribution < -0.4 is 70.7 Å². The summed E-state index contributed by atoms with van der Waals surface area (Å²) in [5, 5.41) is 37.9. The molecule has 0 saturated heterocycles. The van der Waals surface area contributed by atoms with Crippen molar-refractivity contribution in [3.8, 4) is 6.01 Å². The van der Waals surface area contributed by atoms with Crippen molar-refractivity contribution in [3.63, 3.8) is 0 Å². The summed E-state index contributed by atoms with van der Waals surface area (Å²) < 4.78 is 61.5. The van der Waals surface area contributed by atoms with E-state index < -0.39 is 119 Å². The number of nitrogens with zero attached hydrogens (tertiary/aromatic N) is 7. The Balaban J connectivity index is 0.000000251. The largest absolute Gasteiger partial charge is 0.444 e. The van der Waals surface area contributed by atoms with Gasteiger partial charge in [0.1, 0.15) is 68.9 Å². The molecule has 110 heavy (non-hydrogen) atoms. The number of primary amides is 2. The Morgan fingerprint density at radius 2 is 0.936 bits per heavy atom. The Hall–Kier alpha value is -9.93. The van der Waals surface area contributed by atoms with Gasteiger partial charge in [0.25, 0.3) is 11.8 Å². The molecule has 18 N–H and O–H groups in total. The number of carbonyl (C=O) groups is 6. The molecule has 3 aromatic carbocycles. The van der Waals surface area contributed by atoms with Crippen LogP contribution in [-0.4, -0.2) is 172 Å². The van der Waals surface area contributed by atoms with Gasteiger partial charge >= 0.3 is 30.4 Å². The number of rotatable bonds is 14. The first kappa shape index (κ1) is 90.7. The van der Waals surface area contributed by atoms with Gasteiger partial charge in [0.15, 0.2) is 5.82 Å². The molecule has 31 nitrogen and oxygen atoms in total. The number of anilines is 5. The van der Waals surface area contributed by atoms with E-state index in [0.29, 0.717) is 61.8 Å². The number of aromatic nitrogens is 7. The summed E-state index contributed by atoms with van der Waals surface area (Å²) in [4.78, 5) is 94.7. The van der Waals surface area contributed by atoms with Gasteiger partial charge in [-0.15, -0.1) is 5.10 Å². The summed E-state index contributed by atoms with van der Waals surface area (Å²) in [5.41, 5.74) is 30.5. The molecule has 0 radical (unpaired) electrons. The second-order valence-electron chi connectivity index (χ2n) is 30.9. The second-order valence-corrected chi connectivity index (χ2v) is 30.9. The summed E-state index contributed by atoms with van der Waals surface area (Å²) in [7, 11) is 0. The number of benzene rings is 3. The van der Waals surface area contributed by atoms with E-state index in [-0.39, 0.29) is 41.0 Å². The summed E-state index contributed by atoms with van der Waals surface area (Å²) in [6.45, 7) is 29.0. The molecular weight excluding hydrogens is 1430 g/mol. The van der Waals surface area contributed by atoms with Crippen LogP contribution in [0.3, 0.4) is 0 Å². The number of alkyl carbamates (subject to hydrolysis) is 4. The maximum absolute atomic E-state index is 14.2. The molecule has 10 rings (SSSR count). The third-order valence-corrected chi connectivity index (χ3v) is 16.7. The van der Waals surface area contributed by atoms with Crippen LogP contribution in [0.1, 0.15) is 206 Å². The topological polar surface area (TPSA) is 465 Å². The van der Waals surface area contributed by atoms with Crippen LogP contribution in [0.4, 0.5) is 61.3 Å². The van der Waals surface area contributed by atoms with Gasteiger partial charge in [0.05, 0.1) is 42.4 Å². The minimum Gasteiger partial charge on any atom is -0.444 e. The first-order valence-corrected chi connectivity index (χ1v) is 37.1. The van der Waals surface area contributed by atoms with Gasteiger partial charge in [-0.2, -0.15) is 9.97 Å². The lowest BCUT2D eigenvalue weighted by Crippen LogP contribution is -2.59. The van der Waals surface area contributed by atoms with Crippen LogP contribution in [0.25, 0.3) is 11.0 Å². The lowest BCUT2D eigenvalue weighted by Gasteiger charge is -2.37. The number of aliphatic hydroxyl groups excluding tert-OH is 1. The number of aliphatic hydroxyl groups is 1. The number of carbonyl (C=O) groups excluding carboxylic acids is 6. The fourth-order valence-electron chi connectivity index (χ4n) is 11.7. The normalized spacial score (nSPS) is 22.4. The number of para-hydroxylation sites is 1. The van der Waals surface area contributed by atoms with Crippen molar-refractivity contribution in [2.45, 2.75) is 283 Å². The van der Waals surface area contributed by atoms with Crippen molar-refractivity contribution in [1.29, 1.82) is 0 Å². The van der Waals surface area contributed by atoms with Gasteiger partial charge in [-0.05, 0) is 227 Å². The van der Waals surface area contributed by atoms with E-state index in [1.54, 1.807) is 89.2 Å². The number of hydrogen-bond acceptors (Lipinski definition) is 24. The van der Waals surface area contributed by atoms with Gasteiger partial charge in [-0.1, -0.05) is 55.1 Å². The Kier molecular flexibility index (Phi) is 34.4. The number of ether oxygens (including phenoxy) is 4. The lowest BCUT2D eigenvalue weighted by atomic mass is 9.88. The molecule has 0 bridgehead atoms. The Labute approximate surface area is 642 Å². The molecule has 3 heterocycles. The standard InChI is InChI=1S/C18H23FN6O.C18H15N7O2.C16H29FN2O4.C16H30N2O5.C6H13FN2.C2H6/c1-10-4-2-5-11(8-10)23-17-12(16(21)26)9-22-18(25-17)24-14-7-3-6-13(19)15(14)20;1-11-5-4-6-12(9-11)21-17-13(16(19)26)10-20-18(22-17)27-25-15-8-3-2-7-14(15)23-24-25;1-15(2,3)22-13(20)18-11-9-7-8-10(17)12(11)19-14(21)23-16(4,5)6;1-15(2,3)22-13(20)17-10-8-7-9-11(19)12(10)18-14(21)23-16(4,5)6;7-4-2-1-3-5(8)6(4)9;1-2/h2,4-5,8-9,13-15H,3,6-7,20H2,1H3,(H2,21,26)(H2,22,23,24,25);2-10H,1H3,(H2,19,26)(H,20,21,22);10-12H,7-9H2,1-6H3,(H,18,20)(H,19,21);10-12,19H,7-9H2,1-6H3,(H,17,20)(H,18,21);4-6H,1-3,8-9H2;1-2H3/t13-,14-,15+;;10-,11-,12+;10-,11+,12-;4-,5-,6+;/m1.111./s1. The quantitative estimate of drug-likeness (QED) is 0.0450. The number of amides is 6. The predicted octanol–water partition coefficient (Wildman–Crippen LogP) is 11.3. The summed E-state index contributed by atoms with van der Waals surface area (Å²) in [5.74, 6) is -0.475. The predicted molar refractivity (Wildman–Crippen MR) is 415 cm³/mol. The molecule has 3 aromatic heterocycles. The summed E-state index contributed by atoms with van der Waals surface area (Å²) >= 11 is 0. The number of halogens is 3. The number of aryl methyl sites for hydroxylation is 2. The maximum atomic E-state index is 14.2. The molecule has 6 amide bonds.